The second-order valence-corrected chi connectivity index (χ2v) is 6.83. The van der Waals surface area contributed by atoms with Crippen LogP contribution >= 0.6 is 12.4 Å². The Morgan fingerprint density at radius 1 is 1.32 bits per heavy atom. The smallest absolute Gasteiger partial charge is 0.245 e. The molecule has 2 rings (SSSR count). The van der Waals surface area contributed by atoms with Crippen LogP contribution in [0.15, 0.2) is 0 Å². The van der Waals surface area contributed by atoms with Crippen molar-refractivity contribution >= 4 is 24.2 Å². The van der Waals surface area contributed by atoms with E-state index in [-0.39, 0.29) is 30.3 Å². The Morgan fingerprint density at radius 3 is 2.64 bits per heavy atom. The summed E-state index contributed by atoms with van der Waals surface area (Å²) in [6.07, 6.45) is 3.34. The molecule has 2 aliphatic heterocycles. The molecule has 22 heavy (non-hydrogen) atoms. The standard InChI is InChI=1S/C16H29N3O2.ClH/c1-12(2)10-14(19-8-5-4-6-15(19)20)16(21)18-9-7-17-13(3)11-18;/h12-14,17H,4-11H2,1-3H3;1H. The quantitative estimate of drug-likeness (QED) is 0.852. The predicted octanol–water partition coefficient (Wildman–Crippen LogP) is 1.66. The normalized spacial score (nSPS) is 24.2. The molecule has 0 bridgehead atoms. The van der Waals surface area contributed by atoms with Crippen LogP contribution in [0.25, 0.3) is 0 Å². The SMILES string of the molecule is CC(C)CC(C(=O)N1CCNC(C)C1)N1CCCCC1=O.Cl. The maximum Gasteiger partial charge on any atom is 0.245 e. The summed E-state index contributed by atoms with van der Waals surface area (Å²) in [4.78, 5) is 28.9. The minimum absolute atomic E-state index is 0. The van der Waals surface area contributed by atoms with Crippen molar-refractivity contribution < 1.29 is 9.59 Å². The third kappa shape index (κ3) is 4.85. The minimum atomic E-state index is -0.261. The molecule has 0 aromatic carbocycles. The average Bonchev–Trinajstić information content (AvgIpc) is 2.45. The van der Waals surface area contributed by atoms with E-state index in [1.165, 1.54) is 0 Å². The molecule has 0 spiro atoms. The maximum absolute atomic E-state index is 12.9. The molecular weight excluding hydrogens is 302 g/mol. The van der Waals surface area contributed by atoms with E-state index in [0.717, 1.165) is 45.4 Å². The van der Waals surface area contributed by atoms with Crippen molar-refractivity contribution in [3.8, 4) is 0 Å². The van der Waals surface area contributed by atoms with E-state index in [9.17, 15) is 9.59 Å². The highest BCUT2D eigenvalue weighted by molar-refractivity contribution is 5.88. The Morgan fingerprint density at radius 2 is 2.05 bits per heavy atom. The van der Waals surface area contributed by atoms with Crippen LogP contribution in [0.2, 0.25) is 0 Å². The molecule has 1 N–H and O–H groups in total. The predicted molar refractivity (Wildman–Crippen MR) is 90.1 cm³/mol. The summed E-state index contributed by atoms with van der Waals surface area (Å²) >= 11 is 0. The number of hydrogen-bond donors (Lipinski definition) is 1. The van der Waals surface area contributed by atoms with Gasteiger partial charge >= 0.3 is 0 Å². The molecule has 0 saturated carbocycles. The fourth-order valence-electron chi connectivity index (χ4n) is 3.31. The molecule has 0 aromatic rings. The Balaban J connectivity index is 0.00000242. The highest BCUT2D eigenvalue weighted by Crippen LogP contribution is 2.21. The van der Waals surface area contributed by atoms with Crippen molar-refractivity contribution in [2.24, 2.45) is 5.92 Å². The zero-order valence-corrected chi connectivity index (χ0v) is 14.8. The van der Waals surface area contributed by atoms with Gasteiger partial charge in [-0.15, -0.1) is 12.4 Å². The number of nitrogens with zero attached hydrogens (tertiary/aromatic N) is 2. The third-order valence-corrected chi connectivity index (χ3v) is 4.40. The summed E-state index contributed by atoms with van der Waals surface area (Å²) in [5.74, 6) is 0.713. The van der Waals surface area contributed by atoms with Gasteiger partial charge in [-0.1, -0.05) is 13.8 Å². The molecule has 2 amide bonds. The van der Waals surface area contributed by atoms with Gasteiger partial charge in [-0.3, -0.25) is 9.59 Å². The molecule has 0 radical (unpaired) electrons. The van der Waals surface area contributed by atoms with Gasteiger partial charge in [0, 0.05) is 38.6 Å². The zero-order valence-electron chi connectivity index (χ0n) is 14.0. The van der Waals surface area contributed by atoms with Crippen molar-refractivity contribution in [2.75, 3.05) is 26.2 Å². The molecule has 0 aliphatic carbocycles. The van der Waals surface area contributed by atoms with Crippen LogP contribution in [0.3, 0.4) is 0 Å². The van der Waals surface area contributed by atoms with Gasteiger partial charge in [0.05, 0.1) is 0 Å². The van der Waals surface area contributed by atoms with Gasteiger partial charge in [-0.05, 0) is 32.1 Å². The number of likely N-dealkylation sites (tertiary alicyclic amines) is 1. The second kappa shape index (κ2) is 8.73. The number of piperidine rings is 1. The van der Waals surface area contributed by atoms with E-state index in [4.69, 9.17) is 0 Å². The fraction of sp³-hybridized carbons (Fsp3) is 0.875. The van der Waals surface area contributed by atoms with E-state index in [2.05, 4.69) is 26.1 Å². The number of amides is 2. The van der Waals surface area contributed by atoms with Crippen LogP contribution in [-0.4, -0.2) is 59.9 Å². The lowest BCUT2D eigenvalue weighted by molar-refractivity contribution is -0.148. The minimum Gasteiger partial charge on any atom is -0.338 e. The number of nitrogens with one attached hydrogen (secondary N) is 1. The number of rotatable bonds is 4. The first-order valence-electron chi connectivity index (χ1n) is 8.30. The molecule has 5 nitrogen and oxygen atoms in total. The van der Waals surface area contributed by atoms with E-state index in [0.29, 0.717) is 18.4 Å². The first kappa shape index (κ1) is 19.2. The maximum atomic E-state index is 12.9. The lowest BCUT2D eigenvalue weighted by Gasteiger charge is -2.40. The lowest BCUT2D eigenvalue weighted by Crippen LogP contribution is -2.58. The van der Waals surface area contributed by atoms with Crippen LogP contribution in [-0.2, 0) is 9.59 Å². The number of piperazine rings is 1. The van der Waals surface area contributed by atoms with Crippen LogP contribution in [0.5, 0.6) is 0 Å². The molecule has 2 saturated heterocycles. The Hall–Kier alpha value is -0.810. The number of carbonyl (C=O) groups excluding carboxylic acids is 2. The number of carbonyl (C=O) groups is 2. The molecular formula is C16H30ClN3O2. The molecule has 2 atom stereocenters. The topological polar surface area (TPSA) is 52.7 Å². The highest BCUT2D eigenvalue weighted by Gasteiger charge is 2.35. The zero-order chi connectivity index (χ0) is 15.4. The van der Waals surface area contributed by atoms with Gasteiger partial charge in [0.1, 0.15) is 6.04 Å². The van der Waals surface area contributed by atoms with Crippen molar-refractivity contribution in [1.29, 1.82) is 0 Å². The van der Waals surface area contributed by atoms with Crippen LogP contribution < -0.4 is 5.32 Å². The van der Waals surface area contributed by atoms with Gasteiger partial charge in [-0.2, -0.15) is 0 Å². The van der Waals surface area contributed by atoms with Crippen molar-refractivity contribution in [1.82, 2.24) is 15.1 Å². The van der Waals surface area contributed by atoms with Crippen LogP contribution in [0.1, 0.15) is 46.5 Å². The Bertz CT molecular complexity index is 390. The van der Waals surface area contributed by atoms with Crippen LogP contribution in [0, 0.1) is 5.92 Å². The van der Waals surface area contributed by atoms with Gasteiger partial charge < -0.3 is 15.1 Å². The number of halogens is 1. The monoisotopic (exact) mass is 331 g/mol. The Labute approximate surface area is 140 Å². The molecule has 6 heteroatoms. The third-order valence-electron chi connectivity index (χ3n) is 4.40. The molecule has 0 aromatic heterocycles. The summed E-state index contributed by atoms with van der Waals surface area (Å²) in [6, 6.07) is 0.0718. The highest BCUT2D eigenvalue weighted by atomic mass is 35.5. The van der Waals surface area contributed by atoms with E-state index >= 15 is 0 Å². The number of hydrogen-bond acceptors (Lipinski definition) is 3. The first-order chi connectivity index (χ1) is 9.99. The molecule has 2 aliphatic rings. The summed E-state index contributed by atoms with van der Waals surface area (Å²) in [7, 11) is 0. The van der Waals surface area contributed by atoms with Gasteiger partial charge in [-0.25, -0.2) is 0 Å². The van der Waals surface area contributed by atoms with Gasteiger partial charge in [0.15, 0.2) is 0 Å². The summed E-state index contributed by atoms with van der Waals surface area (Å²) in [6.45, 7) is 9.42. The van der Waals surface area contributed by atoms with E-state index in [1.54, 1.807) is 0 Å². The molecule has 2 heterocycles. The van der Waals surface area contributed by atoms with Gasteiger partial charge in [0.2, 0.25) is 11.8 Å². The van der Waals surface area contributed by atoms with Crippen molar-refractivity contribution in [3.63, 3.8) is 0 Å². The lowest BCUT2D eigenvalue weighted by atomic mass is 9.97. The van der Waals surface area contributed by atoms with E-state index < -0.39 is 0 Å². The molecule has 2 unspecified atom stereocenters. The van der Waals surface area contributed by atoms with E-state index in [1.807, 2.05) is 9.80 Å². The second-order valence-electron chi connectivity index (χ2n) is 6.83. The largest absolute Gasteiger partial charge is 0.338 e. The summed E-state index contributed by atoms with van der Waals surface area (Å²) < 4.78 is 0. The van der Waals surface area contributed by atoms with Crippen molar-refractivity contribution in [2.45, 2.75) is 58.5 Å². The molecule has 128 valence electrons. The summed E-state index contributed by atoms with van der Waals surface area (Å²) in [5.41, 5.74) is 0. The first-order valence-corrected chi connectivity index (χ1v) is 8.30. The fourth-order valence-corrected chi connectivity index (χ4v) is 3.31. The molecule has 2 fully saturated rings. The van der Waals surface area contributed by atoms with Crippen LogP contribution in [0.4, 0.5) is 0 Å². The summed E-state index contributed by atoms with van der Waals surface area (Å²) in [5, 5.41) is 3.36. The Kier molecular flexibility index (Phi) is 7.63. The average molecular weight is 332 g/mol. The van der Waals surface area contributed by atoms with Gasteiger partial charge in [0.25, 0.3) is 0 Å². The van der Waals surface area contributed by atoms with Crippen molar-refractivity contribution in [3.05, 3.63) is 0 Å².